The van der Waals surface area contributed by atoms with E-state index >= 15 is 0 Å². The first-order chi connectivity index (χ1) is 16.5. The molecule has 34 heavy (non-hydrogen) atoms. The van der Waals surface area contributed by atoms with Crippen LogP contribution >= 0.6 is 11.8 Å². The van der Waals surface area contributed by atoms with E-state index in [1.807, 2.05) is 48.5 Å². The van der Waals surface area contributed by atoms with Gasteiger partial charge in [0, 0.05) is 12.2 Å². The van der Waals surface area contributed by atoms with Crippen molar-refractivity contribution >= 4 is 23.6 Å². The van der Waals surface area contributed by atoms with Crippen molar-refractivity contribution in [3.63, 3.8) is 0 Å². The van der Waals surface area contributed by atoms with E-state index < -0.39 is 12.0 Å². The molecule has 0 radical (unpaired) electrons. The standard InChI is InChI=1S/C27H35NO5S/c1-3-4-5-6-7-11-14-25(29)28-22(27(30)31)19-34-26(28)21-15-16-23(24(17-21)32-2)33-18-20-12-9-8-10-13-20/h8-10,12-13,15-17,22,26H,3-7,11,14,18-19H2,1-2H3,(H,30,31). The summed E-state index contributed by atoms with van der Waals surface area (Å²) in [4.78, 5) is 26.5. The number of carboxylic acids is 1. The van der Waals surface area contributed by atoms with Gasteiger partial charge in [0.2, 0.25) is 5.91 Å². The van der Waals surface area contributed by atoms with Crippen molar-refractivity contribution in [1.29, 1.82) is 0 Å². The monoisotopic (exact) mass is 485 g/mol. The molecule has 0 bridgehead atoms. The Bertz CT molecular complexity index is 936. The van der Waals surface area contributed by atoms with Crippen LogP contribution in [-0.4, -0.2) is 40.8 Å². The van der Waals surface area contributed by atoms with Crippen LogP contribution in [0.1, 0.15) is 68.4 Å². The first kappa shape index (κ1) is 25.9. The fraction of sp³-hybridized carbons (Fsp3) is 0.481. The largest absolute Gasteiger partial charge is 0.493 e. The Labute approximate surface area is 206 Å². The number of amides is 1. The van der Waals surface area contributed by atoms with Crippen molar-refractivity contribution in [3.05, 3.63) is 59.7 Å². The van der Waals surface area contributed by atoms with Crippen molar-refractivity contribution in [2.45, 2.75) is 69.9 Å². The maximum Gasteiger partial charge on any atom is 0.327 e. The predicted molar refractivity (Wildman–Crippen MR) is 135 cm³/mol. The first-order valence-corrected chi connectivity index (χ1v) is 13.1. The van der Waals surface area contributed by atoms with Gasteiger partial charge < -0.3 is 19.5 Å². The summed E-state index contributed by atoms with van der Waals surface area (Å²) in [6, 6.07) is 14.7. The number of thioether (sulfide) groups is 1. The maximum atomic E-state index is 13.1. The fourth-order valence-corrected chi connectivity index (χ4v) is 5.57. The molecule has 6 nitrogen and oxygen atoms in total. The van der Waals surface area contributed by atoms with Gasteiger partial charge in [-0.1, -0.05) is 75.4 Å². The number of ether oxygens (including phenoxy) is 2. The Balaban J connectivity index is 1.69. The Morgan fingerprint density at radius 3 is 2.47 bits per heavy atom. The van der Waals surface area contributed by atoms with E-state index in [1.54, 1.807) is 12.0 Å². The lowest BCUT2D eigenvalue weighted by Gasteiger charge is -2.28. The van der Waals surface area contributed by atoms with Crippen LogP contribution in [-0.2, 0) is 16.2 Å². The van der Waals surface area contributed by atoms with Gasteiger partial charge in [-0.05, 0) is 29.7 Å². The van der Waals surface area contributed by atoms with Gasteiger partial charge in [-0.2, -0.15) is 0 Å². The van der Waals surface area contributed by atoms with Gasteiger partial charge >= 0.3 is 5.97 Å². The number of carboxylic acid groups (broad SMARTS) is 1. The summed E-state index contributed by atoms with van der Waals surface area (Å²) in [6.45, 7) is 2.59. The quantitative estimate of drug-likeness (QED) is 0.348. The number of rotatable bonds is 13. The molecule has 2 aromatic carbocycles. The average molecular weight is 486 g/mol. The number of carbonyl (C=O) groups is 2. The number of aliphatic carboxylic acids is 1. The lowest BCUT2D eigenvalue weighted by molar-refractivity contribution is -0.149. The topological polar surface area (TPSA) is 76.1 Å². The Morgan fingerprint density at radius 2 is 1.76 bits per heavy atom. The normalized spacial score (nSPS) is 17.5. The van der Waals surface area contributed by atoms with Crippen LogP contribution < -0.4 is 9.47 Å². The van der Waals surface area contributed by atoms with Gasteiger partial charge in [0.25, 0.3) is 0 Å². The third-order valence-corrected chi connectivity index (χ3v) is 7.35. The molecule has 1 amide bonds. The second-order valence-electron chi connectivity index (χ2n) is 8.54. The molecule has 2 unspecified atom stereocenters. The van der Waals surface area contributed by atoms with Gasteiger partial charge in [0.15, 0.2) is 11.5 Å². The summed E-state index contributed by atoms with van der Waals surface area (Å²) in [5.74, 6) is 0.493. The van der Waals surface area contributed by atoms with Gasteiger partial charge in [0.1, 0.15) is 18.0 Å². The molecule has 0 saturated carbocycles. The van der Waals surface area contributed by atoms with Crippen molar-refractivity contribution < 1.29 is 24.2 Å². The van der Waals surface area contributed by atoms with Crippen LogP contribution in [0.3, 0.4) is 0 Å². The highest BCUT2D eigenvalue weighted by molar-refractivity contribution is 7.99. The van der Waals surface area contributed by atoms with Crippen LogP contribution in [0.25, 0.3) is 0 Å². The van der Waals surface area contributed by atoms with E-state index in [0.717, 1.165) is 30.4 Å². The van der Waals surface area contributed by atoms with E-state index in [9.17, 15) is 14.7 Å². The molecule has 0 spiro atoms. The number of nitrogens with zero attached hydrogens (tertiary/aromatic N) is 1. The molecule has 7 heteroatoms. The third-order valence-electron chi connectivity index (χ3n) is 6.03. The highest BCUT2D eigenvalue weighted by Gasteiger charge is 2.42. The molecular formula is C27H35NO5S. The molecule has 1 aliphatic heterocycles. The van der Waals surface area contributed by atoms with Gasteiger partial charge in [-0.3, -0.25) is 4.79 Å². The van der Waals surface area contributed by atoms with E-state index in [4.69, 9.17) is 9.47 Å². The zero-order valence-electron chi connectivity index (χ0n) is 20.1. The molecule has 1 fully saturated rings. The minimum Gasteiger partial charge on any atom is -0.493 e. The van der Waals surface area contributed by atoms with Crippen molar-refractivity contribution in [2.75, 3.05) is 12.9 Å². The first-order valence-electron chi connectivity index (χ1n) is 12.0. The predicted octanol–water partition coefficient (Wildman–Crippen LogP) is 6.05. The van der Waals surface area contributed by atoms with Crippen LogP contribution in [0.5, 0.6) is 11.5 Å². The lowest BCUT2D eigenvalue weighted by atomic mass is 10.1. The Hall–Kier alpha value is -2.67. The third kappa shape index (κ3) is 6.92. The summed E-state index contributed by atoms with van der Waals surface area (Å²) in [7, 11) is 1.58. The highest BCUT2D eigenvalue weighted by Crippen LogP contribution is 2.44. The Morgan fingerprint density at radius 1 is 1.03 bits per heavy atom. The van der Waals surface area contributed by atoms with E-state index in [1.165, 1.54) is 31.0 Å². The molecule has 3 rings (SSSR count). The molecule has 1 saturated heterocycles. The average Bonchev–Trinajstić information content (AvgIpc) is 3.31. The number of hydrogen-bond acceptors (Lipinski definition) is 5. The fourth-order valence-electron chi connectivity index (χ4n) is 4.14. The highest BCUT2D eigenvalue weighted by atomic mass is 32.2. The van der Waals surface area contributed by atoms with Crippen LogP contribution in [0.4, 0.5) is 0 Å². The molecule has 2 atom stereocenters. The smallest absolute Gasteiger partial charge is 0.327 e. The molecule has 1 heterocycles. The molecule has 2 aromatic rings. The summed E-state index contributed by atoms with van der Waals surface area (Å²) in [5.41, 5.74) is 1.89. The SMILES string of the molecule is CCCCCCCCC(=O)N1C(C(=O)O)CSC1c1ccc(OCc2ccccc2)c(OC)c1. The van der Waals surface area contributed by atoms with Crippen molar-refractivity contribution in [1.82, 2.24) is 4.90 Å². The molecule has 1 aliphatic rings. The molecular weight excluding hydrogens is 450 g/mol. The van der Waals surface area contributed by atoms with Gasteiger partial charge in [0.05, 0.1) is 7.11 Å². The minimum atomic E-state index is -0.957. The number of methoxy groups -OCH3 is 1. The van der Waals surface area contributed by atoms with Gasteiger partial charge in [-0.15, -0.1) is 11.8 Å². The van der Waals surface area contributed by atoms with Crippen molar-refractivity contribution in [2.24, 2.45) is 0 Å². The van der Waals surface area contributed by atoms with E-state index in [-0.39, 0.29) is 11.3 Å². The zero-order chi connectivity index (χ0) is 24.3. The molecule has 1 N–H and O–H groups in total. The zero-order valence-corrected chi connectivity index (χ0v) is 20.9. The van der Waals surface area contributed by atoms with Crippen LogP contribution in [0.15, 0.2) is 48.5 Å². The summed E-state index contributed by atoms with van der Waals surface area (Å²) in [5, 5.41) is 9.38. The van der Waals surface area contributed by atoms with Crippen LogP contribution in [0.2, 0.25) is 0 Å². The Kier molecular flexibility index (Phi) is 10.1. The number of carbonyl (C=O) groups excluding carboxylic acids is 1. The van der Waals surface area contributed by atoms with Crippen LogP contribution in [0, 0.1) is 0 Å². The second kappa shape index (κ2) is 13.3. The molecule has 0 aliphatic carbocycles. The van der Waals surface area contributed by atoms with Crippen molar-refractivity contribution in [3.8, 4) is 11.5 Å². The summed E-state index contributed by atoms with van der Waals surface area (Å²) < 4.78 is 11.5. The number of unbranched alkanes of at least 4 members (excludes halogenated alkanes) is 5. The number of hydrogen-bond donors (Lipinski definition) is 1. The molecule has 0 aromatic heterocycles. The van der Waals surface area contributed by atoms with Gasteiger partial charge in [-0.25, -0.2) is 4.79 Å². The second-order valence-corrected chi connectivity index (χ2v) is 9.66. The summed E-state index contributed by atoms with van der Waals surface area (Å²) >= 11 is 1.48. The number of benzene rings is 2. The minimum absolute atomic E-state index is 0.0961. The summed E-state index contributed by atoms with van der Waals surface area (Å²) in [6.07, 6.45) is 6.86. The van der Waals surface area contributed by atoms with E-state index in [2.05, 4.69) is 6.92 Å². The lowest BCUT2D eigenvalue weighted by Crippen LogP contribution is -2.42. The maximum absolute atomic E-state index is 13.1. The molecule has 184 valence electrons. The van der Waals surface area contributed by atoms with E-state index in [0.29, 0.717) is 30.3 Å².